The van der Waals surface area contributed by atoms with Gasteiger partial charge in [0.05, 0.1) is 0 Å². The van der Waals surface area contributed by atoms with Gasteiger partial charge < -0.3 is 10.6 Å². The average Bonchev–Trinajstić information content (AvgIpc) is 2.70. The van der Waals surface area contributed by atoms with Crippen molar-refractivity contribution in [2.24, 2.45) is 5.73 Å². The standard InChI is InChI=1S/C18H22N2/c1-14(19)15-6-8-18(9-7-15)20-12-10-16-4-2-3-5-17(16)11-13-20/h2-9,14H,10-13,19H2,1H3/t14-/m1/s1. The summed E-state index contributed by atoms with van der Waals surface area (Å²) >= 11 is 0. The van der Waals surface area contributed by atoms with Gasteiger partial charge in [-0.25, -0.2) is 0 Å². The second-order valence-electron chi connectivity index (χ2n) is 5.64. The quantitative estimate of drug-likeness (QED) is 0.903. The van der Waals surface area contributed by atoms with Crippen LogP contribution in [0.3, 0.4) is 0 Å². The normalized spacial score (nSPS) is 16.4. The minimum atomic E-state index is 0.109. The molecule has 0 fully saturated rings. The SMILES string of the molecule is C[C@@H](N)c1ccc(N2CCc3ccccc3CC2)cc1. The fraction of sp³-hybridized carbons (Fsp3) is 0.333. The van der Waals surface area contributed by atoms with Crippen LogP contribution in [0.5, 0.6) is 0 Å². The molecular weight excluding hydrogens is 244 g/mol. The van der Waals surface area contributed by atoms with Crippen LogP contribution >= 0.6 is 0 Å². The molecule has 2 nitrogen and oxygen atoms in total. The van der Waals surface area contributed by atoms with E-state index in [1.807, 2.05) is 6.92 Å². The Kier molecular flexibility index (Phi) is 3.75. The Hall–Kier alpha value is -1.80. The van der Waals surface area contributed by atoms with Crippen LogP contribution in [0, 0.1) is 0 Å². The second kappa shape index (κ2) is 5.68. The number of nitrogens with zero attached hydrogens (tertiary/aromatic N) is 1. The monoisotopic (exact) mass is 266 g/mol. The maximum atomic E-state index is 5.91. The van der Waals surface area contributed by atoms with Crippen LogP contribution in [0.1, 0.15) is 29.7 Å². The molecule has 0 saturated heterocycles. The summed E-state index contributed by atoms with van der Waals surface area (Å²) in [6.07, 6.45) is 2.26. The van der Waals surface area contributed by atoms with Gasteiger partial charge in [0, 0.05) is 24.8 Å². The Balaban J connectivity index is 1.76. The first kappa shape index (κ1) is 13.2. The minimum Gasteiger partial charge on any atom is -0.371 e. The van der Waals surface area contributed by atoms with Crippen LogP contribution in [-0.4, -0.2) is 13.1 Å². The molecule has 0 bridgehead atoms. The summed E-state index contributed by atoms with van der Waals surface area (Å²) in [5, 5.41) is 0. The van der Waals surface area contributed by atoms with Gasteiger partial charge >= 0.3 is 0 Å². The summed E-state index contributed by atoms with van der Waals surface area (Å²) < 4.78 is 0. The molecule has 1 atom stereocenters. The molecule has 0 saturated carbocycles. The highest BCUT2D eigenvalue weighted by Gasteiger charge is 2.13. The highest BCUT2D eigenvalue weighted by atomic mass is 15.1. The van der Waals surface area contributed by atoms with E-state index >= 15 is 0 Å². The zero-order valence-corrected chi connectivity index (χ0v) is 12.0. The van der Waals surface area contributed by atoms with Crippen molar-refractivity contribution in [3.63, 3.8) is 0 Å². The molecule has 104 valence electrons. The van der Waals surface area contributed by atoms with Gasteiger partial charge in [-0.15, -0.1) is 0 Å². The fourth-order valence-corrected chi connectivity index (χ4v) is 2.91. The van der Waals surface area contributed by atoms with E-state index in [1.54, 1.807) is 0 Å². The molecule has 0 spiro atoms. The number of nitrogens with two attached hydrogens (primary N) is 1. The Bertz CT molecular complexity index is 545. The van der Waals surface area contributed by atoms with Crippen molar-refractivity contribution in [2.45, 2.75) is 25.8 Å². The predicted octanol–water partition coefficient (Wildman–Crippen LogP) is 3.31. The molecule has 2 N–H and O–H groups in total. The summed E-state index contributed by atoms with van der Waals surface area (Å²) in [4.78, 5) is 2.48. The van der Waals surface area contributed by atoms with E-state index in [9.17, 15) is 0 Å². The first-order valence-corrected chi connectivity index (χ1v) is 7.41. The van der Waals surface area contributed by atoms with Crippen molar-refractivity contribution >= 4 is 5.69 Å². The summed E-state index contributed by atoms with van der Waals surface area (Å²) in [5.41, 5.74) is 11.4. The van der Waals surface area contributed by atoms with E-state index in [0.717, 1.165) is 25.9 Å². The summed E-state index contributed by atoms with van der Waals surface area (Å²) in [7, 11) is 0. The summed E-state index contributed by atoms with van der Waals surface area (Å²) in [6, 6.07) is 17.6. The molecule has 3 rings (SSSR count). The molecule has 0 aromatic heterocycles. The molecule has 0 radical (unpaired) electrons. The van der Waals surface area contributed by atoms with Crippen molar-refractivity contribution in [1.29, 1.82) is 0 Å². The van der Waals surface area contributed by atoms with E-state index < -0.39 is 0 Å². The van der Waals surface area contributed by atoms with Gasteiger partial charge in [-0.05, 0) is 48.6 Å². The number of benzene rings is 2. The highest BCUT2D eigenvalue weighted by Crippen LogP contribution is 2.22. The third-order valence-corrected chi connectivity index (χ3v) is 4.20. The molecule has 2 heteroatoms. The lowest BCUT2D eigenvalue weighted by molar-refractivity contribution is 0.798. The number of hydrogen-bond donors (Lipinski definition) is 1. The topological polar surface area (TPSA) is 29.3 Å². The highest BCUT2D eigenvalue weighted by molar-refractivity contribution is 5.49. The lowest BCUT2D eigenvalue weighted by Crippen LogP contribution is -2.25. The maximum absolute atomic E-state index is 5.91. The van der Waals surface area contributed by atoms with Crippen LogP contribution in [0.4, 0.5) is 5.69 Å². The first-order valence-electron chi connectivity index (χ1n) is 7.41. The van der Waals surface area contributed by atoms with Crippen molar-refractivity contribution < 1.29 is 0 Å². The number of anilines is 1. The zero-order valence-electron chi connectivity index (χ0n) is 12.0. The number of rotatable bonds is 2. The van der Waals surface area contributed by atoms with Gasteiger partial charge in [-0.1, -0.05) is 36.4 Å². The van der Waals surface area contributed by atoms with Crippen molar-refractivity contribution in [3.05, 3.63) is 65.2 Å². The van der Waals surface area contributed by atoms with E-state index in [0.29, 0.717) is 0 Å². The van der Waals surface area contributed by atoms with Gasteiger partial charge in [0.2, 0.25) is 0 Å². The van der Waals surface area contributed by atoms with Crippen LogP contribution in [0.15, 0.2) is 48.5 Å². The van der Waals surface area contributed by atoms with Crippen LogP contribution in [0.2, 0.25) is 0 Å². The lowest BCUT2D eigenvalue weighted by Gasteiger charge is -2.23. The minimum absolute atomic E-state index is 0.109. The van der Waals surface area contributed by atoms with Gasteiger partial charge in [0.25, 0.3) is 0 Å². The molecule has 1 aliphatic heterocycles. The third kappa shape index (κ3) is 2.70. The molecule has 0 unspecified atom stereocenters. The lowest BCUT2D eigenvalue weighted by atomic mass is 10.0. The van der Waals surface area contributed by atoms with Crippen molar-refractivity contribution in [1.82, 2.24) is 0 Å². The number of fused-ring (bicyclic) bond motifs is 1. The molecule has 20 heavy (non-hydrogen) atoms. The van der Waals surface area contributed by atoms with Crippen molar-refractivity contribution in [3.8, 4) is 0 Å². The average molecular weight is 266 g/mol. The summed E-state index contributed by atoms with van der Waals surface area (Å²) in [5.74, 6) is 0. The van der Waals surface area contributed by atoms with Gasteiger partial charge in [0.15, 0.2) is 0 Å². The van der Waals surface area contributed by atoms with Gasteiger partial charge in [-0.2, -0.15) is 0 Å². The smallest absolute Gasteiger partial charge is 0.0366 e. The Labute approximate surface area is 121 Å². The molecule has 0 aliphatic carbocycles. The maximum Gasteiger partial charge on any atom is 0.0366 e. The third-order valence-electron chi connectivity index (χ3n) is 4.20. The largest absolute Gasteiger partial charge is 0.371 e. The van der Waals surface area contributed by atoms with Crippen LogP contribution in [0.25, 0.3) is 0 Å². The van der Waals surface area contributed by atoms with Crippen LogP contribution < -0.4 is 10.6 Å². The van der Waals surface area contributed by atoms with E-state index in [4.69, 9.17) is 5.73 Å². The second-order valence-corrected chi connectivity index (χ2v) is 5.64. The van der Waals surface area contributed by atoms with Crippen molar-refractivity contribution in [2.75, 3.05) is 18.0 Å². The molecule has 1 heterocycles. The van der Waals surface area contributed by atoms with E-state index in [2.05, 4.69) is 53.4 Å². The fourth-order valence-electron chi connectivity index (χ4n) is 2.91. The van der Waals surface area contributed by atoms with Gasteiger partial charge in [0.1, 0.15) is 0 Å². The Morgan fingerprint density at radius 2 is 1.45 bits per heavy atom. The number of hydrogen-bond acceptors (Lipinski definition) is 2. The Morgan fingerprint density at radius 3 is 1.95 bits per heavy atom. The first-order chi connectivity index (χ1) is 9.74. The molecule has 2 aromatic carbocycles. The summed E-state index contributed by atoms with van der Waals surface area (Å²) in [6.45, 7) is 4.21. The van der Waals surface area contributed by atoms with Gasteiger partial charge in [-0.3, -0.25) is 0 Å². The zero-order chi connectivity index (χ0) is 13.9. The molecule has 1 aliphatic rings. The van der Waals surface area contributed by atoms with Crippen LogP contribution in [-0.2, 0) is 12.8 Å². The molecule has 0 amide bonds. The predicted molar refractivity (Wildman–Crippen MR) is 85.1 cm³/mol. The van der Waals surface area contributed by atoms with E-state index in [-0.39, 0.29) is 6.04 Å². The van der Waals surface area contributed by atoms with E-state index in [1.165, 1.54) is 22.4 Å². The molecular formula is C18H22N2. The molecule has 2 aromatic rings. The Morgan fingerprint density at radius 1 is 0.900 bits per heavy atom.